The monoisotopic (exact) mass is 181 g/mol. The molecule has 0 saturated heterocycles. The second-order valence-electron chi connectivity index (χ2n) is 2.43. The van der Waals surface area contributed by atoms with Crippen molar-refractivity contribution in [1.29, 1.82) is 1.43 Å². The largest absolute Gasteiger partial charge is 0.386 e. The standard InChI is InChI=1S/C11H18O/c1-8(2)10-5-6-11(4,12)9(3)7-10/h7,10,12H,1,5-6H2,2-4H3/i1D2,2D3,4D3,5D2,6D2,7D,10D,12D. The van der Waals surface area contributed by atoms with Crippen LogP contribution in [0.1, 0.15) is 52.6 Å². The molecule has 0 fully saturated rings. The van der Waals surface area contributed by atoms with Gasteiger partial charge in [0.05, 0.1) is 9.71 Å². The zero-order valence-electron chi connectivity index (χ0n) is 21.4. The first-order chi connectivity index (χ1) is 11.7. The van der Waals surface area contributed by atoms with Crippen molar-refractivity contribution in [1.82, 2.24) is 0 Å². The maximum absolute atomic E-state index is 8.40. The molecular formula is C11H18O. The predicted molar refractivity (Wildman–Crippen MR) is 51.9 cm³/mol. The molecule has 1 aliphatic carbocycles. The van der Waals surface area contributed by atoms with E-state index in [1.165, 1.54) is 0 Å². The summed E-state index contributed by atoms with van der Waals surface area (Å²) >= 11 is 0. The number of rotatable bonds is 2. The van der Waals surface area contributed by atoms with Gasteiger partial charge in [0.15, 0.2) is 0 Å². The van der Waals surface area contributed by atoms with Crippen LogP contribution in [-0.4, -0.2) is 12.1 Å². The maximum atomic E-state index is 8.40. The van der Waals surface area contributed by atoms with Gasteiger partial charge in [0, 0.05) is 15.1 Å². The molecule has 1 rings (SSSR count). The molecule has 68 valence electrons. The number of hydrogen-bond donors (Lipinski definition) is 1. The highest BCUT2D eigenvalue weighted by molar-refractivity contribution is 5.22. The Hall–Kier alpha value is -0.560. The van der Waals surface area contributed by atoms with Crippen LogP contribution in [0.3, 0.4) is 0 Å². The average Bonchev–Trinajstić information content (AvgIpc) is 2.41. The fourth-order valence-corrected chi connectivity index (χ4v) is 0.676. The van der Waals surface area contributed by atoms with E-state index in [0.717, 1.165) is 6.92 Å². The molecule has 0 aromatic carbocycles. The summed E-state index contributed by atoms with van der Waals surface area (Å²) in [6.07, 6.45) is -7.49. The highest BCUT2D eigenvalue weighted by Crippen LogP contribution is 2.33. The molecule has 1 aliphatic rings. The van der Waals surface area contributed by atoms with Gasteiger partial charge >= 0.3 is 0 Å². The minimum Gasteiger partial charge on any atom is -0.386 e. The summed E-state index contributed by atoms with van der Waals surface area (Å²) in [6, 6.07) is -1.30. The Morgan fingerprint density at radius 3 is 3.83 bits per heavy atom. The Morgan fingerprint density at radius 1 is 2.33 bits per heavy atom. The number of aliphatic hydroxyl groups is 1. The highest BCUT2D eigenvalue weighted by Gasteiger charge is 2.28. The third kappa shape index (κ3) is 1.78. The van der Waals surface area contributed by atoms with Crippen LogP contribution in [-0.2, 0) is 0 Å². The summed E-state index contributed by atoms with van der Waals surface area (Å²) in [4.78, 5) is 0. The lowest BCUT2D eigenvalue weighted by Crippen LogP contribution is -2.30. The Morgan fingerprint density at radius 2 is 3.25 bits per heavy atom. The molecule has 12 heavy (non-hydrogen) atoms. The summed E-state index contributed by atoms with van der Waals surface area (Å²) < 4.78 is 116. The van der Waals surface area contributed by atoms with Crippen LogP contribution in [0.15, 0.2) is 23.7 Å². The Labute approximate surface area is 96.0 Å². The SMILES string of the molecule is [2H]OC1(C([2H])([2H])[2H])C(C)=C([2H])C([2H])(C(=C([2H])[2H])C([2H])([2H])[2H])C([2H])([2H])C1([2H])[2H]. The number of hydrogen-bond acceptors (Lipinski definition) is 1. The molecule has 0 heterocycles. The normalized spacial score (nSPS) is 71.2. The van der Waals surface area contributed by atoms with E-state index in [9.17, 15) is 0 Å². The van der Waals surface area contributed by atoms with E-state index in [1.807, 2.05) is 0 Å². The van der Waals surface area contributed by atoms with Crippen molar-refractivity contribution >= 4 is 0 Å². The van der Waals surface area contributed by atoms with E-state index in [-0.39, 0.29) is 0 Å². The molecule has 0 saturated carbocycles. The van der Waals surface area contributed by atoms with E-state index in [1.54, 1.807) is 0 Å². The van der Waals surface area contributed by atoms with Crippen LogP contribution < -0.4 is 0 Å². The van der Waals surface area contributed by atoms with E-state index in [4.69, 9.17) is 20.6 Å². The molecule has 0 radical (unpaired) electrons. The third-order valence-corrected chi connectivity index (χ3v) is 1.45. The van der Waals surface area contributed by atoms with Gasteiger partial charge in [-0.1, -0.05) is 18.2 Å². The molecule has 0 aromatic rings. The summed E-state index contributed by atoms with van der Waals surface area (Å²) in [5, 5.41) is 4.16. The van der Waals surface area contributed by atoms with Gasteiger partial charge in [0.25, 0.3) is 0 Å². The Bertz CT molecular complexity index is 679. The molecule has 2 unspecified atom stereocenters. The van der Waals surface area contributed by atoms with E-state index in [2.05, 4.69) is 5.11 Å². The molecule has 0 aromatic heterocycles. The van der Waals surface area contributed by atoms with Crippen LogP contribution in [0.5, 0.6) is 0 Å². The summed E-state index contributed by atoms with van der Waals surface area (Å²) in [6.45, 7) is -7.61. The lowest BCUT2D eigenvalue weighted by atomic mass is 9.79. The van der Waals surface area contributed by atoms with Crippen LogP contribution in [0.4, 0.5) is 0 Å². The zero-order valence-corrected chi connectivity index (χ0v) is 6.41. The quantitative estimate of drug-likeness (QED) is 0.649. The van der Waals surface area contributed by atoms with Crippen LogP contribution >= 0.6 is 0 Å². The van der Waals surface area contributed by atoms with Crippen molar-refractivity contribution in [3.05, 3.63) is 23.7 Å². The summed E-state index contributed by atoms with van der Waals surface area (Å²) in [7, 11) is 0. The number of allylic oxidation sites excluding steroid dienone is 2. The Kier molecular flexibility index (Phi) is 0.455. The molecule has 0 amide bonds. The Balaban J connectivity index is 4.24. The van der Waals surface area contributed by atoms with Crippen molar-refractivity contribution in [2.24, 2.45) is 5.89 Å². The third-order valence-electron chi connectivity index (χ3n) is 1.45. The highest BCUT2D eigenvalue weighted by atomic mass is 16.3. The van der Waals surface area contributed by atoms with E-state index in [0.29, 0.717) is 0 Å². The van der Waals surface area contributed by atoms with Gasteiger partial charge in [-0.2, -0.15) is 0 Å². The van der Waals surface area contributed by atoms with Gasteiger partial charge in [-0.25, -0.2) is 0 Å². The van der Waals surface area contributed by atoms with Gasteiger partial charge in [0.2, 0.25) is 1.43 Å². The zero-order chi connectivity index (χ0) is 22.0. The van der Waals surface area contributed by atoms with E-state index < -0.39 is 61.7 Å². The smallest absolute Gasteiger partial charge is 0.211 e. The van der Waals surface area contributed by atoms with Crippen molar-refractivity contribution in [2.75, 3.05) is 0 Å². The van der Waals surface area contributed by atoms with Crippen molar-refractivity contribution in [3.63, 3.8) is 0 Å². The first-order valence-electron chi connectivity index (χ1n) is 10.6. The second kappa shape index (κ2) is 3.06. The summed E-state index contributed by atoms with van der Waals surface area (Å²) in [5.74, 6) is -3.43. The van der Waals surface area contributed by atoms with Gasteiger partial charge in [-0.05, 0) is 44.8 Å². The first-order valence-corrected chi connectivity index (χ1v) is 3.20. The summed E-state index contributed by atoms with van der Waals surface area (Å²) in [5.41, 5.74) is -5.68. The van der Waals surface area contributed by atoms with Gasteiger partial charge < -0.3 is 5.11 Å². The van der Waals surface area contributed by atoms with Gasteiger partial charge in [0.1, 0.15) is 0 Å². The molecular weight excluding hydrogens is 148 g/mol. The molecule has 0 bridgehead atoms. The molecule has 2 atom stereocenters. The molecule has 0 spiro atoms. The van der Waals surface area contributed by atoms with Crippen LogP contribution in [0.25, 0.3) is 0 Å². The van der Waals surface area contributed by atoms with E-state index >= 15 is 0 Å². The minimum atomic E-state index is -3.77. The lowest BCUT2D eigenvalue weighted by molar-refractivity contribution is 0.0769. The molecule has 1 nitrogen and oxygen atoms in total. The fraction of sp³-hybridized carbons (Fsp3) is 0.636. The van der Waals surface area contributed by atoms with Crippen molar-refractivity contribution < 1.29 is 24.3 Å². The minimum absolute atomic E-state index is 0.824. The molecule has 0 aliphatic heterocycles. The maximum Gasteiger partial charge on any atom is 0.211 e. The lowest BCUT2D eigenvalue weighted by Gasteiger charge is -2.32. The second-order valence-corrected chi connectivity index (χ2v) is 2.43. The fourth-order valence-electron chi connectivity index (χ4n) is 0.676. The molecule has 1 N–H and O–H groups in total. The average molecular weight is 181 g/mol. The van der Waals surface area contributed by atoms with Gasteiger partial charge in [-0.15, -0.1) is 0 Å². The van der Waals surface area contributed by atoms with Gasteiger partial charge in [-0.3, -0.25) is 0 Å². The topological polar surface area (TPSA) is 20.2 Å². The van der Waals surface area contributed by atoms with Crippen molar-refractivity contribution in [3.8, 4) is 0 Å². The van der Waals surface area contributed by atoms with Crippen LogP contribution in [0, 0.1) is 5.89 Å². The van der Waals surface area contributed by atoms with Crippen LogP contribution in [0.2, 0.25) is 0 Å². The predicted octanol–water partition coefficient (Wildman–Crippen LogP) is 2.67. The molecule has 1 heteroatoms. The van der Waals surface area contributed by atoms with Crippen molar-refractivity contribution in [2.45, 2.75) is 39.0 Å². The first kappa shape index (κ1) is 1.78.